The van der Waals surface area contributed by atoms with Crippen LogP contribution in [0.15, 0.2) is 23.3 Å². The predicted molar refractivity (Wildman–Crippen MR) is 60.6 cm³/mol. The predicted octanol–water partition coefficient (Wildman–Crippen LogP) is 0.0579. The Morgan fingerprint density at radius 3 is 2.88 bits per heavy atom. The van der Waals surface area contributed by atoms with E-state index in [0.717, 1.165) is 0 Å². The molecule has 92 valence electrons. The number of rotatable bonds is 5. The molecule has 0 unspecified atom stereocenters. The summed E-state index contributed by atoms with van der Waals surface area (Å²) in [6, 6.07) is 1.28. The van der Waals surface area contributed by atoms with Gasteiger partial charge in [0.15, 0.2) is 5.43 Å². The number of esters is 1. The smallest absolute Gasteiger partial charge is 0.305 e. The first-order chi connectivity index (χ1) is 8.15. The van der Waals surface area contributed by atoms with Crippen molar-refractivity contribution in [3.05, 3.63) is 34.2 Å². The van der Waals surface area contributed by atoms with E-state index in [9.17, 15) is 14.4 Å². The molecule has 0 fully saturated rings. The maximum absolute atomic E-state index is 11.5. The summed E-state index contributed by atoms with van der Waals surface area (Å²) in [6.07, 6.45) is 3.51. The van der Waals surface area contributed by atoms with E-state index in [1.807, 2.05) is 0 Å². The van der Waals surface area contributed by atoms with Gasteiger partial charge in [-0.1, -0.05) is 0 Å². The minimum absolute atomic E-state index is 0.0607. The largest absolute Gasteiger partial charge is 0.469 e. The van der Waals surface area contributed by atoms with Gasteiger partial charge >= 0.3 is 5.97 Å². The molecule has 0 atom stereocenters. The number of amides is 1. The molecule has 1 aromatic heterocycles. The molecule has 1 heterocycles. The molecular formula is C11H14N2O4. The van der Waals surface area contributed by atoms with Gasteiger partial charge in [-0.05, 0) is 6.42 Å². The van der Waals surface area contributed by atoms with Crippen LogP contribution in [0.2, 0.25) is 0 Å². The molecule has 0 aromatic carbocycles. The van der Waals surface area contributed by atoms with Crippen molar-refractivity contribution in [3.63, 3.8) is 0 Å². The number of nitrogens with one attached hydrogen (secondary N) is 2. The fourth-order valence-corrected chi connectivity index (χ4v) is 1.23. The summed E-state index contributed by atoms with van der Waals surface area (Å²) in [5, 5.41) is 2.55. The summed E-state index contributed by atoms with van der Waals surface area (Å²) in [6.45, 7) is 0.322. The summed E-state index contributed by atoms with van der Waals surface area (Å²) < 4.78 is 4.45. The molecule has 0 aliphatic heterocycles. The third kappa shape index (κ3) is 4.10. The van der Waals surface area contributed by atoms with E-state index in [1.54, 1.807) is 0 Å². The van der Waals surface area contributed by atoms with E-state index in [0.29, 0.717) is 13.0 Å². The van der Waals surface area contributed by atoms with Gasteiger partial charge in [-0.25, -0.2) is 0 Å². The van der Waals surface area contributed by atoms with Crippen molar-refractivity contribution in [1.29, 1.82) is 0 Å². The Morgan fingerprint density at radius 1 is 1.47 bits per heavy atom. The lowest BCUT2D eigenvalue weighted by molar-refractivity contribution is -0.140. The second-order valence-electron chi connectivity index (χ2n) is 3.36. The Morgan fingerprint density at radius 2 is 2.24 bits per heavy atom. The molecule has 0 saturated heterocycles. The monoisotopic (exact) mass is 238 g/mol. The molecule has 1 rings (SSSR count). The van der Waals surface area contributed by atoms with Crippen LogP contribution in [0, 0.1) is 0 Å². The van der Waals surface area contributed by atoms with Gasteiger partial charge in [0.25, 0.3) is 5.91 Å². The zero-order valence-electron chi connectivity index (χ0n) is 9.49. The normalized spacial score (nSPS) is 9.71. The minimum Gasteiger partial charge on any atom is -0.469 e. The average molecular weight is 238 g/mol. The molecule has 0 bridgehead atoms. The molecule has 1 amide bonds. The Labute approximate surface area is 98.0 Å². The van der Waals surface area contributed by atoms with Crippen molar-refractivity contribution < 1.29 is 14.3 Å². The first-order valence-electron chi connectivity index (χ1n) is 5.17. The Kier molecular flexibility index (Phi) is 4.93. The van der Waals surface area contributed by atoms with Gasteiger partial charge in [0.2, 0.25) is 0 Å². The van der Waals surface area contributed by atoms with Crippen molar-refractivity contribution >= 4 is 11.9 Å². The molecule has 0 spiro atoms. The highest BCUT2D eigenvalue weighted by Gasteiger charge is 2.08. The fourth-order valence-electron chi connectivity index (χ4n) is 1.23. The summed E-state index contributed by atoms with van der Waals surface area (Å²) in [7, 11) is 1.31. The average Bonchev–Trinajstić information content (AvgIpc) is 2.34. The van der Waals surface area contributed by atoms with Crippen LogP contribution >= 0.6 is 0 Å². The number of hydrogen-bond acceptors (Lipinski definition) is 4. The van der Waals surface area contributed by atoms with Crippen LogP contribution in [-0.2, 0) is 9.53 Å². The van der Waals surface area contributed by atoms with Crippen molar-refractivity contribution in [2.45, 2.75) is 12.8 Å². The summed E-state index contributed by atoms with van der Waals surface area (Å²) in [5.41, 5.74) is -0.278. The topological polar surface area (TPSA) is 88.3 Å². The number of aromatic nitrogens is 1. The second-order valence-corrected chi connectivity index (χ2v) is 3.36. The molecule has 0 aliphatic carbocycles. The van der Waals surface area contributed by atoms with Crippen LogP contribution in [-0.4, -0.2) is 30.5 Å². The van der Waals surface area contributed by atoms with Crippen molar-refractivity contribution in [2.75, 3.05) is 13.7 Å². The van der Waals surface area contributed by atoms with E-state index in [1.165, 1.54) is 25.6 Å². The summed E-state index contributed by atoms with van der Waals surface area (Å²) in [5.74, 6) is -0.770. The second kappa shape index (κ2) is 6.47. The number of pyridine rings is 1. The molecule has 6 nitrogen and oxygen atoms in total. The molecule has 0 radical (unpaired) electrons. The number of carbonyl (C=O) groups is 2. The lowest BCUT2D eigenvalue weighted by atomic mass is 10.2. The third-order valence-corrected chi connectivity index (χ3v) is 2.14. The van der Waals surface area contributed by atoms with Gasteiger partial charge in [0.1, 0.15) is 5.56 Å². The molecular weight excluding hydrogens is 224 g/mol. The Hall–Kier alpha value is -2.11. The van der Waals surface area contributed by atoms with Crippen LogP contribution < -0.4 is 10.7 Å². The van der Waals surface area contributed by atoms with Crippen LogP contribution in [0.3, 0.4) is 0 Å². The van der Waals surface area contributed by atoms with Crippen LogP contribution in [0.4, 0.5) is 0 Å². The standard InChI is InChI=1S/C11H14N2O4/c1-17-10(15)3-2-5-13-11(16)8-7-12-6-4-9(8)14/h4,6-7H,2-3,5H2,1H3,(H,12,14)(H,13,16). The highest BCUT2D eigenvalue weighted by atomic mass is 16.5. The van der Waals surface area contributed by atoms with E-state index in [-0.39, 0.29) is 23.4 Å². The molecule has 6 heteroatoms. The zero-order chi connectivity index (χ0) is 12.7. The van der Waals surface area contributed by atoms with Crippen LogP contribution in [0.25, 0.3) is 0 Å². The number of carbonyl (C=O) groups excluding carboxylic acids is 2. The molecule has 0 aliphatic rings. The number of hydrogen-bond donors (Lipinski definition) is 2. The van der Waals surface area contributed by atoms with Crippen molar-refractivity contribution in [3.8, 4) is 0 Å². The van der Waals surface area contributed by atoms with E-state index >= 15 is 0 Å². The number of aromatic amines is 1. The SMILES string of the molecule is COC(=O)CCCNC(=O)c1c[nH]ccc1=O. The number of ether oxygens (including phenoxy) is 1. The van der Waals surface area contributed by atoms with Gasteiger partial charge < -0.3 is 15.0 Å². The van der Waals surface area contributed by atoms with Gasteiger partial charge in [-0.3, -0.25) is 14.4 Å². The Balaban J connectivity index is 2.38. The maximum atomic E-state index is 11.5. The first kappa shape index (κ1) is 13.0. The molecule has 1 aromatic rings. The van der Waals surface area contributed by atoms with Crippen LogP contribution in [0.1, 0.15) is 23.2 Å². The highest BCUT2D eigenvalue weighted by molar-refractivity contribution is 5.93. The van der Waals surface area contributed by atoms with E-state index in [2.05, 4.69) is 15.0 Å². The summed E-state index contributed by atoms with van der Waals surface area (Å²) in [4.78, 5) is 36.3. The van der Waals surface area contributed by atoms with Gasteiger partial charge in [-0.15, -0.1) is 0 Å². The van der Waals surface area contributed by atoms with E-state index in [4.69, 9.17) is 0 Å². The lowest BCUT2D eigenvalue weighted by Gasteiger charge is -2.03. The maximum Gasteiger partial charge on any atom is 0.305 e. The fraction of sp³-hybridized carbons (Fsp3) is 0.364. The lowest BCUT2D eigenvalue weighted by Crippen LogP contribution is -2.29. The minimum atomic E-state index is -0.447. The zero-order valence-corrected chi connectivity index (χ0v) is 9.49. The highest BCUT2D eigenvalue weighted by Crippen LogP contribution is 1.92. The van der Waals surface area contributed by atoms with Gasteiger partial charge in [-0.2, -0.15) is 0 Å². The van der Waals surface area contributed by atoms with Gasteiger partial charge in [0, 0.05) is 31.4 Å². The van der Waals surface area contributed by atoms with Crippen molar-refractivity contribution in [2.24, 2.45) is 0 Å². The summed E-state index contributed by atoms with van der Waals surface area (Å²) >= 11 is 0. The van der Waals surface area contributed by atoms with Crippen molar-refractivity contribution in [1.82, 2.24) is 10.3 Å². The molecule has 0 saturated carbocycles. The van der Waals surface area contributed by atoms with Gasteiger partial charge in [0.05, 0.1) is 7.11 Å². The van der Waals surface area contributed by atoms with Crippen LogP contribution in [0.5, 0.6) is 0 Å². The first-order valence-corrected chi connectivity index (χ1v) is 5.17. The molecule has 17 heavy (non-hydrogen) atoms. The third-order valence-electron chi connectivity index (χ3n) is 2.14. The number of H-pyrrole nitrogens is 1. The quantitative estimate of drug-likeness (QED) is 0.560. The Bertz CT molecular complexity index is 453. The molecule has 2 N–H and O–H groups in total. The van der Waals surface area contributed by atoms with E-state index < -0.39 is 5.91 Å². The number of methoxy groups -OCH3 is 1.